The molecule has 3 aromatic rings. The summed E-state index contributed by atoms with van der Waals surface area (Å²) in [5.41, 5.74) is 0.942. The quantitative estimate of drug-likeness (QED) is 0.692. The summed E-state index contributed by atoms with van der Waals surface area (Å²) in [7, 11) is 3.84. The van der Waals surface area contributed by atoms with Gasteiger partial charge in [0.05, 0.1) is 6.04 Å². The summed E-state index contributed by atoms with van der Waals surface area (Å²) < 4.78 is 18.7. The number of rotatable bonds is 7. The van der Waals surface area contributed by atoms with E-state index in [1.54, 1.807) is 12.1 Å². The Hall–Kier alpha value is -2.92. The van der Waals surface area contributed by atoms with Crippen LogP contribution in [0.2, 0.25) is 0 Å². The molecule has 0 spiro atoms. The van der Waals surface area contributed by atoms with Gasteiger partial charge in [-0.1, -0.05) is 42.5 Å². The van der Waals surface area contributed by atoms with Gasteiger partial charge in [0, 0.05) is 6.54 Å². The molecule has 1 amide bonds. The number of carbonyl (C=O) groups is 1. The molecule has 4 nitrogen and oxygen atoms in total. The summed E-state index contributed by atoms with van der Waals surface area (Å²) in [4.78, 5) is 14.2. The SMILES string of the molecule is CN(C)[C@@H](CNC(=O)COc1ccc2ccccc2c1)c1ccc(F)cc1. The maximum Gasteiger partial charge on any atom is 0.258 e. The lowest BCUT2D eigenvalue weighted by atomic mass is 10.1. The van der Waals surface area contributed by atoms with E-state index in [1.807, 2.05) is 61.5 Å². The van der Waals surface area contributed by atoms with E-state index in [4.69, 9.17) is 4.74 Å². The van der Waals surface area contributed by atoms with Crippen molar-refractivity contribution < 1.29 is 13.9 Å². The van der Waals surface area contributed by atoms with Crippen molar-refractivity contribution in [2.24, 2.45) is 0 Å². The predicted molar refractivity (Wildman–Crippen MR) is 105 cm³/mol. The molecule has 0 aromatic heterocycles. The molecule has 1 atom stereocenters. The average Bonchev–Trinajstić information content (AvgIpc) is 2.67. The van der Waals surface area contributed by atoms with Gasteiger partial charge < -0.3 is 15.0 Å². The van der Waals surface area contributed by atoms with E-state index < -0.39 is 0 Å². The van der Waals surface area contributed by atoms with Crippen LogP contribution in [0.3, 0.4) is 0 Å². The number of ether oxygens (including phenoxy) is 1. The van der Waals surface area contributed by atoms with Crippen molar-refractivity contribution in [2.45, 2.75) is 6.04 Å². The predicted octanol–water partition coefficient (Wildman–Crippen LogP) is 3.78. The van der Waals surface area contributed by atoms with Gasteiger partial charge in [-0.25, -0.2) is 4.39 Å². The Bertz CT molecular complexity index is 910. The van der Waals surface area contributed by atoms with Crippen molar-refractivity contribution in [1.29, 1.82) is 0 Å². The maximum atomic E-state index is 13.1. The summed E-state index contributed by atoms with van der Waals surface area (Å²) in [6.07, 6.45) is 0. The van der Waals surface area contributed by atoms with Crippen LogP contribution in [0.5, 0.6) is 5.75 Å². The van der Waals surface area contributed by atoms with E-state index in [9.17, 15) is 9.18 Å². The first-order chi connectivity index (χ1) is 13.0. The number of hydrogen-bond donors (Lipinski definition) is 1. The van der Waals surface area contributed by atoms with E-state index in [1.165, 1.54) is 12.1 Å². The molecule has 0 unspecified atom stereocenters. The number of carbonyl (C=O) groups excluding carboxylic acids is 1. The van der Waals surface area contributed by atoms with Gasteiger partial charge in [0.2, 0.25) is 0 Å². The van der Waals surface area contributed by atoms with Gasteiger partial charge in [0.25, 0.3) is 5.91 Å². The highest BCUT2D eigenvalue weighted by Crippen LogP contribution is 2.21. The van der Waals surface area contributed by atoms with Gasteiger partial charge in [-0.2, -0.15) is 0 Å². The van der Waals surface area contributed by atoms with E-state index >= 15 is 0 Å². The van der Waals surface area contributed by atoms with Crippen molar-refractivity contribution in [3.63, 3.8) is 0 Å². The molecule has 5 heteroatoms. The fraction of sp³-hybridized carbons (Fsp3) is 0.227. The first-order valence-corrected chi connectivity index (χ1v) is 8.83. The molecule has 0 aliphatic carbocycles. The maximum absolute atomic E-state index is 13.1. The molecule has 0 aliphatic heterocycles. The zero-order valence-electron chi connectivity index (χ0n) is 15.5. The Morgan fingerprint density at radius 1 is 1.04 bits per heavy atom. The van der Waals surface area contributed by atoms with E-state index in [0.717, 1.165) is 16.3 Å². The molecule has 0 saturated heterocycles. The Labute approximate surface area is 158 Å². The third-order valence-electron chi connectivity index (χ3n) is 4.46. The van der Waals surface area contributed by atoms with Gasteiger partial charge >= 0.3 is 0 Å². The number of halogens is 1. The van der Waals surface area contributed by atoms with Crippen LogP contribution < -0.4 is 10.1 Å². The molecule has 0 bridgehead atoms. The van der Waals surface area contributed by atoms with Gasteiger partial charge in [-0.15, -0.1) is 0 Å². The van der Waals surface area contributed by atoms with E-state index in [2.05, 4.69) is 5.32 Å². The molecule has 27 heavy (non-hydrogen) atoms. The highest BCUT2D eigenvalue weighted by Gasteiger charge is 2.15. The summed E-state index contributed by atoms with van der Waals surface area (Å²) in [5, 5.41) is 5.08. The van der Waals surface area contributed by atoms with Crippen LogP contribution in [0.15, 0.2) is 66.7 Å². The standard InChI is InChI=1S/C22H23FN2O2/c1-25(2)21(17-7-10-19(23)11-8-17)14-24-22(26)15-27-20-12-9-16-5-3-4-6-18(16)13-20/h3-13,21H,14-15H2,1-2H3,(H,24,26)/t21-/m0/s1. The Kier molecular flexibility index (Phi) is 6.04. The van der Waals surface area contributed by atoms with Crippen LogP contribution >= 0.6 is 0 Å². The second-order valence-corrected chi connectivity index (χ2v) is 6.63. The molecule has 0 fully saturated rings. The molecule has 3 rings (SSSR count). The number of benzene rings is 3. The minimum Gasteiger partial charge on any atom is -0.484 e. The minimum atomic E-state index is -0.274. The minimum absolute atomic E-state index is 0.0461. The second-order valence-electron chi connectivity index (χ2n) is 6.63. The number of nitrogens with zero attached hydrogens (tertiary/aromatic N) is 1. The van der Waals surface area contributed by atoms with E-state index in [-0.39, 0.29) is 24.4 Å². The lowest BCUT2D eigenvalue weighted by Crippen LogP contribution is -2.36. The van der Waals surface area contributed by atoms with Crippen LogP contribution in [-0.4, -0.2) is 38.1 Å². The first-order valence-electron chi connectivity index (χ1n) is 8.83. The average molecular weight is 366 g/mol. The number of hydrogen-bond acceptors (Lipinski definition) is 3. The van der Waals surface area contributed by atoms with Crippen molar-refractivity contribution in [1.82, 2.24) is 10.2 Å². The van der Waals surface area contributed by atoms with E-state index in [0.29, 0.717) is 12.3 Å². The van der Waals surface area contributed by atoms with Gasteiger partial charge in [-0.3, -0.25) is 4.79 Å². The first kappa shape index (κ1) is 18.9. The van der Waals surface area contributed by atoms with Gasteiger partial charge in [0.15, 0.2) is 6.61 Å². The Balaban J connectivity index is 1.55. The van der Waals surface area contributed by atoms with Gasteiger partial charge in [-0.05, 0) is 54.7 Å². The highest BCUT2D eigenvalue weighted by atomic mass is 19.1. The number of likely N-dealkylation sites (N-methyl/N-ethyl adjacent to an activating group) is 1. The van der Waals surface area contributed by atoms with Crippen molar-refractivity contribution in [3.05, 3.63) is 78.1 Å². The smallest absolute Gasteiger partial charge is 0.258 e. The second kappa shape index (κ2) is 8.64. The van der Waals surface area contributed by atoms with Crippen LogP contribution in [0.4, 0.5) is 4.39 Å². The molecular formula is C22H23FN2O2. The fourth-order valence-electron chi connectivity index (χ4n) is 2.95. The topological polar surface area (TPSA) is 41.6 Å². The molecular weight excluding hydrogens is 343 g/mol. The summed E-state index contributed by atoms with van der Waals surface area (Å²) in [6.45, 7) is 0.362. The van der Waals surface area contributed by atoms with Gasteiger partial charge in [0.1, 0.15) is 11.6 Å². The summed E-state index contributed by atoms with van der Waals surface area (Å²) in [6, 6.07) is 20.0. The third-order valence-corrected chi connectivity index (χ3v) is 4.46. The fourth-order valence-corrected chi connectivity index (χ4v) is 2.95. The molecule has 0 heterocycles. The number of amides is 1. The summed E-state index contributed by atoms with van der Waals surface area (Å²) in [5.74, 6) is 0.188. The third kappa shape index (κ3) is 5.05. The Morgan fingerprint density at radius 3 is 2.44 bits per heavy atom. The zero-order chi connectivity index (χ0) is 19.2. The van der Waals surface area contributed by atoms with Crippen molar-refractivity contribution in [3.8, 4) is 5.75 Å². The number of fused-ring (bicyclic) bond motifs is 1. The molecule has 1 N–H and O–H groups in total. The van der Waals surface area contributed by atoms with Crippen LogP contribution in [-0.2, 0) is 4.79 Å². The van der Waals surface area contributed by atoms with Crippen LogP contribution in [0.1, 0.15) is 11.6 Å². The van der Waals surface area contributed by atoms with Crippen LogP contribution in [0, 0.1) is 5.82 Å². The highest BCUT2D eigenvalue weighted by molar-refractivity contribution is 5.84. The van der Waals surface area contributed by atoms with Crippen molar-refractivity contribution in [2.75, 3.05) is 27.2 Å². The lowest BCUT2D eigenvalue weighted by molar-refractivity contribution is -0.123. The monoisotopic (exact) mass is 366 g/mol. The summed E-state index contributed by atoms with van der Waals surface area (Å²) >= 11 is 0. The lowest BCUT2D eigenvalue weighted by Gasteiger charge is -2.25. The normalized spacial score (nSPS) is 12.1. The molecule has 0 radical (unpaired) electrons. The van der Waals surface area contributed by atoms with Crippen molar-refractivity contribution >= 4 is 16.7 Å². The number of nitrogens with one attached hydrogen (secondary N) is 1. The molecule has 0 saturated carbocycles. The van der Waals surface area contributed by atoms with Crippen LogP contribution in [0.25, 0.3) is 10.8 Å². The Morgan fingerprint density at radius 2 is 1.74 bits per heavy atom. The largest absolute Gasteiger partial charge is 0.484 e. The molecule has 0 aliphatic rings. The zero-order valence-corrected chi connectivity index (χ0v) is 15.5. The molecule has 3 aromatic carbocycles. The molecule has 140 valence electrons.